The third kappa shape index (κ3) is 53.7. The lowest BCUT2D eigenvalue weighted by molar-refractivity contribution is -0.161. The number of aliphatic hydroxyl groups excluding tert-OH is 1. The highest BCUT2D eigenvalue weighted by Gasteiger charge is 2.16. The van der Waals surface area contributed by atoms with E-state index in [2.05, 4.69) is 98.9 Å². The van der Waals surface area contributed by atoms with Crippen LogP contribution >= 0.6 is 0 Å². The summed E-state index contributed by atoms with van der Waals surface area (Å²) in [6.07, 6.45) is 78.5. The van der Waals surface area contributed by atoms with Gasteiger partial charge in [0.05, 0.1) is 6.61 Å². The molecule has 0 aliphatic rings. The van der Waals surface area contributed by atoms with Gasteiger partial charge in [0.2, 0.25) is 0 Å². The molecular weight excluding hydrogens is 813 g/mol. The molecule has 0 saturated carbocycles. The highest BCUT2D eigenvalue weighted by Crippen LogP contribution is 2.16. The fourth-order valence-electron chi connectivity index (χ4n) is 7.97. The van der Waals surface area contributed by atoms with Crippen molar-refractivity contribution in [2.45, 2.75) is 277 Å². The van der Waals surface area contributed by atoms with Gasteiger partial charge in [-0.15, -0.1) is 0 Å². The van der Waals surface area contributed by atoms with E-state index in [1.54, 1.807) is 0 Å². The summed E-state index contributed by atoms with van der Waals surface area (Å²) < 4.78 is 10.7. The molecule has 1 N–H and O–H groups in total. The number of unbranched alkanes of at least 4 members (excludes halogenated alkanes) is 29. The van der Waals surface area contributed by atoms with E-state index in [9.17, 15) is 14.7 Å². The maximum atomic E-state index is 12.3. The molecule has 1 unspecified atom stereocenters. The number of esters is 2. The van der Waals surface area contributed by atoms with E-state index in [1.807, 2.05) is 0 Å². The number of carbonyl (C=O) groups is 2. The summed E-state index contributed by atoms with van der Waals surface area (Å²) >= 11 is 0. The molecule has 0 aromatic heterocycles. The van der Waals surface area contributed by atoms with E-state index >= 15 is 0 Å². The topological polar surface area (TPSA) is 72.8 Å². The van der Waals surface area contributed by atoms with Crippen molar-refractivity contribution in [3.63, 3.8) is 0 Å². The van der Waals surface area contributed by atoms with E-state index in [4.69, 9.17) is 9.47 Å². The average molecular weight is 920 g/mol. The average Bonchev–Trinajstić information content (AvgIpc) is 3.32. The Morgan fingerprint density at radius 1 is 0.364 bits per heavy atom. The molecule has 0 aliphatic carbocycles. The molecule has 1 atom stereocenters. The van der Waals surface area contributed by atoms with Crippen LogP contribution in [0.5, 0.6) is 0 Å². The van der Waals surface area contributed by atoms with Crippen molar-refractivity contribution in [1.29, 1.82) is 0 Å². The predicted octanol–water partition coefficient (Wildman–Crippen LogP) is 19.0. The Hall–Kier alpha value is -2.92. The molecule has 0 rings (SSSR count). The molecule has 0 aromatic rings. The Morgan fingerprint density at radius 2 is 0.652 bits per heavy atom. The van der Waals surface area contributed by atoms with Gasteiger partial charge in [0, 0.05) is 12.8 Å². The molecule has 5 heteroatoms. The Bertz CT molecular complexity index is 1220. The number of allylic oxidation sites excluding steroid dienone is 14. The Kier molecular flexibility index (Phi) is 53.9. The first-order valence-corrected chi connectivity index (χ1v) is 28.1. The normalized spacial score (nSPS) is 12.8. The second-order valence-corrected chi connectivity index (χ2v) is 18.6. The second-order valence-electron chi connectivity index (χ2n) is 18.6. The van der Waals surface area contributed by atoms with Crippen LogP contribution in [0.2, 0.25) is 0 Å². The number of hydrogen-bond acceptors (Lipinski definition) is 5. The van der Waals surface area contributed by atoms with Gasteiger partial charge in [-0.3, -0.25) is 9.59 Å². The van der Waals surface area contributed by atoms with Crippen LogP contribution < -0.4 is 0 Å². The number of ether oxygens (including phenoxy) is 2. The summed E-state index contributed by atoms with van der Waals surface area (Å²) in [7, 11) is 0. The quantitative estimate of drug-likeness (QED) is 0.0374. The Balaban J connectivity index is 3.48. The van der Waals surface area contributed by atoms with E-state index in [1.165, 1.54) is 161 Å². The molecule has 0 saturated heterocycles. The van der Waals surface area contributed by atoms with Crippen molar-refractivity contribution in [2.24, 2.45) is 0 Å². The second kappa shape index (κ2) is 56.4. The highest BCUT2D eigenvalue weighted by molar-refractivity contribution is 5.70. The molecule has 380 valence electrons. The minimum atomic E-state index is -0.793. The van der Waals surface area contributed by atoms with Crippen molar-refractivity contribution in [3.8, 4) is 0 Å². The minimum Gasteiger partial charge on any atom is -0.462 e. The Morgan fingerprint density at radius 3 is 1.00 bits per heavy atom. The maximum absolute atomic E-state index is 12.3. The molecule has 5 nitrogen and oxygen atoms in total. The number of aliphatic hydroxyl groups is 1. The highest BCUT2D eigenvalue weighted by atomic mass is 16.6. The standard InChI is InChI=1S/C61H106O5/c1-3-5-7-9-11-13-15-17-19-21-23-24-25-26-27-28-29-30-31-32-33-34-35-36-38-39-41-43-45-47-49-51-53-55-60(63)65-58-59(57-62)66-61(64)56-54-52-50-48-46-44-42-40-37-22-20-18-16-14-12-10-8-6-4-2/h6,8,12,14-15,17-18,20-21,23,37,40,44,46,59,62H,3-5,7,9-11,13,16,19,22,24-36,38-39,41-43,45,47-58H2,1-2H3/b8-6-,14-12-,17-15-,20-18-,23-21-,40-37-,46-44-. The predicted molar refractivity (Wildman–Crippen MR) is 288 cm³/mol. The summed E-state index contributed by atoms with van der Waals surface area (Å²) in [4.78, 5) is 24.5. The van der Waals surface area contributed by atoms with E-state index in [0.717, 1.165) is 83.5 Å². The van der Waals surface area contributed by atoms with Gasteiger partial charge in [-0.25, -0.2) is 0 Å². The number of hydrogen-bond donors (Lipinski definition) is 1. The largest absolute Gasteiger partial charge is 0.462 e. The van der Waals surface area contributed by atoms with E-state index in [-0.39, 0.29) is 25.2 Å². The van der Waals surface area contributed by atoms with Crippen molar-refractivity contribution >= 4 is 11.9 Å². The first kappa shape index (κ1) is 63.1. The van der Waals surface area contributed by atoms with Gasteiger partial charge in [-0.1, -0.05) is 253 Å². The third-order valence-electron chi connectivity index (χ3n) is 12.2. The van der Waals surface area contributed by atoms with Gasteiger partial charge in [0.15, 0.2) is 6.10 Å². The van der Waals surface area contributed by atoms with Crippen LogP contribution in [0.4, 0.5) is 0 Å². The molecule has 0 bridgehead atoms. The molecule has 66 heavy (non-hydrogen) atoms. The SMILES string of the molecule is CC/C=C\C/C=C\C/C=C\C/C=C\C/C=C\CCCCCC(=O)OC(CO)COC(=O)CCCCCCCCCCCCCCCCCCCCCCC/C=C\C/C=C\CCCCCCC. The van der Waals surface area contributed by atoms with Crippen LogP contribution in [0.1, 0.15) is 271 Å². The van der Waals surface area contributed by atoms with Crippen LogP contribution in [-0.2, 0) is 19.1 Å². The van der Waals surface area contributed by atoms with Crippen LogP contribution in [0.15, 0.2) is 85.1 Å². The van der Waals surface area contributed by atoms with Crippen LogP contribution in [0, 0.1) is 0 Å². The molecule has 0 amide bonds. The molecule has 0 radical (unpaired) electrons. The molecular formula is C61H106O5. The molecule has 0 fully saturated rings. The Labute approximate surface area is 409 Å². The van der Waals surface area contributed by atoms with Crippen molar-refractivity contribution < 1.29 is 24.2 Å². The zero-order valence-corrected chi connectivity index (χ0v) is 43.4. The van der Waals surface area contributed by atoms with Gasteiger partial charge >= 0.3 is 11.9 Å². The zero-order chi connectivity index (χ0) is 47.7. The fourth-order valence-corrected chi connectivity index (χ4v) is 7.97. The van der Waals surface area contributed by atoms with Gasteiger partial charge < -0.3 is 14.6 Å². The summed E-state index contributed by atoms with van der Waals surface area (Å²) in [6.45, 7) is 4.01. The van der Waals surface area contributed by atoms with Crippen LogP contribution in [0.25, 0.3) is 0 Å². The van der Waals surface area contributed by atoms with Gasteiger partial charge in [-0.05, 0) is 89.9 Å². The molecule has 0 heterocycles. The summed E-state index contributed by atoms with van der Waals surface area (Å²) in [5.74, 6) is -0.624. The van der Waals surface area contributed by atoms with Gasteiger partial charge in [0.25, 0.3) is 0 Å². The monoisotopic (exact) mass is 919 g/mol. The smallest absolute Gasteiger partial charge is 0.306 e. The van der Waals surface area contributed by atoms with Crippen molar-refractivity contribution in [3.05, 3.63) is 85.1 Å². The lowest BCUT2D eigenvalue weighted by Gasteiger charge is -2.15. The van der Waals surface area contributed by atoms with Gasteiger partial charge in [0.1, 0.15) is 6.61 Å². The van der Waals surface area contributed by atoms with Gasteiger partial charge in [-0.2, -0.15) is 0 Å². The molecule has 0 aromatic carbocycles. The first-order valence-electron chi connectivity index (χ1n) is 28.1. The van der Waals surface area contributed by atoms with Crippen molar-refractivity contribution in [2.75, 3.05) is 13.2 Å². The minimum absolute atomic E-state index is 0.0810. The fraction of sp³-hybridized carbons (Fsp3) is 0.738. The van der Waals surface area contributed by atoms with E-state index < -0.39 is 6.10 Å². The summed E-state index contributed by atoms with van der Waals surface area (Å²) in [6, 6.07) is 0. The maximum Gasteiger partial charge on any atom is 0.306 e. The first-order chi connectivity index (χ1) is 32.6. The van der Waals surface area contributed by atoms with Crippen LogP contribution in [0.3, 0.4) is 0 Å². The summed E-state index contributed by atoms with van der Waals surface area (Å²) in [5.41, 5.74) is 0. The number of carbonyl (C=O) groups excluding carboxylic acids is 2. The molecule has 0 spiro atoms. The van der Waals surface area contributed by atoms with Crippen LogP contribution in [-0.4, -0.2) is 36.4 Å². The van der Waals surface area contributed by atoms with E-state index in [0.29, 0.717) is 12.8 Å². The zero-order valence-electron chi connectivity index (χ0n) is 43.4. The molecule has 0 aliphatic heterocycles. The van der Waals surface area contributed by atoms with Crippen molar-refractivity contribution in [1.82, 2.24) is 0 Å². The third-order valence-corrected chi connectivity index (χ3v) is 12.2. The lowest BCUT2D eigenvalue weighted by atomic mass is 10.0. The number of rotatable bonds is 51. The summed E-state index contributed by atoms with van der Waals surface area (Å²) in [5, 5.41) is 9.63. The lowest BCUT2D eigenvalue weighted by Crippen LogP contribution is -2.28.